The van der Waals surface area contributed by atoms with Crippen LogP contribution in [0, 0.1) is 0 Å². The van der Waals surface area contributed by atoms with Crippen molar-refractivity contribution in [3.8, 4) is 5.75 Å². The van der Waals surface area contributed by atoms with E-state index in [2.05, 4.69) is 28.2 Å². The minimum Gasteiger partial charge on any atom is -0.496 e. The second-order valence-electron chi connectivity index (χ2n) is 2.70. The van der Waals surface area contributed by atoms with Gasteiger partial charge in [0.25, 0.3) is 0 Å². The Morgan fingerprint density at radius 1 is 1.46 bits per heavy atom. The summed E-state index contributed by atoms with van der Waals surface area (Å²) in [6.07, 6.45) is 0. The smallest absolute Gasteiger partial charge is 0.124 e. The number of hydrogen-bond acceptors (Lipinski definition) is 2. The van der Waals surface area contributed by atoms with Crippen LogP contribution in [0.25, 0.3) is 0 Å². The van der Waals surface area contributed by atoms with Gasteiger partial charge in [0.05, 0.1) is 7.11 Å². The van der Waals surface area contributed by atoms with Crippen molar-refractivity contribution in [2.24, 2.45) is 0 Å². The third-order valence-electron chi connectivity index (χ3n) is 1.85. The Labute approximate surface area is 87.4 Å². The number of benzene rings is 1. The minimum atomic E-state index is 0.834. The van der Waals surface area contributed by atoms with Crippen molar-refractivity contribution in [1.29, 1.82) is 0 Å². The van der Waals surface area contributed by atoms with Crippen molar-refractivity contribution >= 4 is 15.9 Å². The van der Waals surface area contributed by atoms with Crippen LogP contribution in [0.1, 0.15) is 12.5 Å². The Hall–Kier alpha value is -0.540. The predicted octanol–water partition coefficient (Wildman–Crippen LogP) is 2.57. The van der Waals surface area contributed by atoms with Crippen LogP contribution in [-0.4, -0.2) is 13.7 Å². The lowest BCUT2D eigenvalue weighted by atomic mass is 10.2. The molecule has 0 bridgehead atoms. The third kappa shape index (κ3) is 2.71. The van der Waals surface area contributed by atoms with E-state index < -0.39 is 0 Å². The Balaban J connectivity index is 2.87. The Bertz CT molecular complexity index is 276. The quantitative estimate of drug-likeness (QED) is 0.878. The lowest BCUT2D eigenvalue weighted by Gasteiger charge is -2.10. The second-order valence-corrected chi connectivity index (χ2v) is 3.56. The molecule has 0 aliphatic rings. The van der Waals surface area contributed by atoms with Gasteiger partial charge in [0.15, 0.2) is 0 Å². The predicted molar refractivity (Wildman–Crippen MR) is 58.1 cm³/mol. The van der Waals surface area contributed by atoms with Crippen molar-refractivity contribution < 1.29 is 4.74 Å². The van der Waals surface area contributed by atoms with E-state index in [1.807, 2.05) is 18.2 Å². The molecule has 1 aromatic rings. The monoisotopic (exact) mass is 243 g/mol. The zero-order valence-corrected chi connectivity index (χ0v) is 9.52. The highest BCUT2D eigenvalue weighted by molar-refractivity contribution is 9.10. The topological polar surface area (TPSA) is 21.3 Å². The summed E-state index contributed by atoms with van der Waals surface area (Å²) in [5, 5.41) is 3.27. The van der Waals surface area contributed by atoms with E-state index in [0.29, 0.717) is 0 Å². The summed E-state index contributed by atoms with van der Waals surface area (Å²) in [7, 11) is 1.69. The van der Waals surface area contributed by atoms with Crippen LogP contribution >= 0.6 is 15.9 Å². The van der Waals surface area contributed by atoms with Gasteiger partial charge in [-0.2, -0.15) is 0 Å². The van der Waals surface area contributed by atoms with E-state index in [4.69, 9.17) is 4.74 Å². The number of halogens is 1. The van der Waals surface area contributed by atoms with E-state index in [1.54, 1.807) is 7.11 Å². The van der Waals surface area contributed by atoms with Crippen LogP contribution in [0.2, 0.25) is 0 Å². The summed E-state index contributed by atoms with van der Waals surface area (Å²) in [5.74, 6) is 0.926. The molecular formula is C10H14BrNO. The highest BCUT2D eigenvalue weighted by Crippen LogP contribution is 2.26. The lowest BCUT2D eigenvalue weighted by Crippen LogP contribution is -2.12. The molecule has 0 heterocycles. The zero-order valence-electron chi connectivity index (χ0n) is 7.93. The van der Waals surface area contributed by atoms with Crippen LogP contribution in [0.5, 0.6) is 5.75 Å². The van der Waals surface area contributed by atoms with E-state index >= 15 is 0 Å². The zero-order chi connectivity index (χ0) is 9.68. The maximum atomic E-state index is 5.25. The summed E-state index contributed by atoms with van der Waals surface area (Å²) >= 11 is 3.50. The van der Waals surface area contributed by atoms with Crippen molar-refractivity contribution in [2.45, 2.75) is 13.5 Å². The Morgan fingerprint density at radius 3 is 2.85 bits per heavy atom. The van der Waals surface area contributed by atoms with Crippen LogP contribution < -0.4 is 10.1 Å². The first-order valence-electron chi connectivity index (χ1n) is 4.31. The molecule has 0 saturated heterocycles. The first kappa shape index (κ1) is 10.5. The lowest BCUT2D eigenvalue weighted by molar-refractivity contribution is 0.407. The summed E-state index contributed by atoms with van der Waals surface area (Å²) in [5.41, 5.74) is 1.17. The molecule has 13 heavy (non-hydrogen) atoms. The average Bonchev–Trinajstić information content (AvgIpc) is 2.15. The molecule has 0 spiro atoms. The molecule has 2 nitrogen and oxygen atoms in total. The van der Waals surface area contributed by atoms with E-state index in [-0.39, 0.29) is 0 Å². The molecule has 0 fully saturated rings. The average molecular weight is 244 g/mol. The molecule has 0 radical (unpaired) electrons. The summed E-state index contributed by atoms with van der Waals surface area (Å²) in [4.78, 5) is 0. The number of rotatable bonds is 4. The molecule has 1 rings (SSSR count). The maximum absolute atomic E-state index is 5.25. The number of nitrogens with one attached hydrogen (secondary N) is 1. The third-order valence-corrected chi connectivity index (χ3v) is 2.59. The number of ether oxygens (including phenoxy) is 1. The highest BCUT2D eigenvalue weighted by atomic mass is 79.9. The largest absolute Gasteiger partial charge is 0.496 e. The molecule has 3 heteroatoms. The molecule has 0 aromatic heterocycles. The van der Waals surface area contributed by atoms with E-state index in [1.165, 1.54) is 5.56 Å². The number of hydrogen-bond donors (Lipinski definition) is 1. The summed E-state index contributed by atoms with van der Waals surface area (Å²) < 4.78 is 6.34. The van der Waals surface area contributed by atoms with E-state index in [9.17, 15) is 0 Å². The maximum Gasteiger partial charge on any atom is 0.124 e. The summed E-state index contributed by atoms with van der Waals surface area (Å²) in [6.45, 7) is 3.88. The van der Waals surface area contributed by atoms with Crippen molar-refractivity contribution in [3.63, 3.8) is 0 Å². The molecule has 0 aliphatic carbocycles. The van der Waals surface area contributed by atoms with Gasteiger partial charge >= 0.3 is 0 Å². The number of methoxy groups -OCH3 is 1. The van der Waals surface area contributed by atoms with Crippen LogP contribution in [0.4, 0.5) is 0 Å². The normalized spacial score (nSPS) is 10.1. The first-order chi connectivity index (χ1) is 6.29. The minimum absolute atomic E-state index is 0.834. The molecule has 1 N–H and O–H groups in total. The molecular weight excluding hydrogens is 230 g/mol. The van der Waals surface area contributed by atoms with Gasteiger partial charge in [-0.3, -0.25) is 0 Å². The molecule has 72 valence electrons. The van der Waals surface area contributed by atoms with Gasteiger partial charge in [-0.25, -0.2) is 0 Å². The standard InChI is InChI=1S/C10H14BrNO/c1-3-12-7-8-9(11)5-4-6-10(8)13-2/h4-6,12H,3,7H2,1-2H3. The van der Waals surface area contributed by atoms with Crippen molar-refractivity contribution in [1.82, 2.24) is 5.32 Å². The van der Waals surface area contributed by atoms with Crippen LogP contribution in [-0.2, 0) is 6.54 Å². The Morgan fingerprint density at radius 2 is 2.23 bits per heavy atom. The molecule has 0 unspecified atom stereocenters. The second kappa shape index (κ2) is 5.25. The molecule has 0 amide bonds. The van der Waals surface area contributed by atoms with Gasteiger partial charge in [0.1, 0.15) is 5.75 Å². The van der Waals surface area contributed by atoms with Gasteiger partial charge in [-0.15, -0.1) is 0 Å². The fourth-order valence-corrected chi connectivity index (χ4v) is 1.64. The fraction of sp³-hybridized carbons (Fsp3) is 0.400. The molecule has 0 saturated carbocycles. The van der Waals surface area contributed by atoms with Gasteiger partial charge in [-0.05, 0) is 18.7 Å². The van der Waals surface area contributed by atoms with Gasteiger partial charge < -0.3 is 10.1 Å². The Kier molecular flexibility index (Phi) is 4.25. The first-order valence-corrected chi connectivity index (χ1v) is 5.11. The fourth-order valence-electron chi connectivity index (χ4n) is 1.15. The molecule has 0 atom stereocenters. The van der Waals surface area contributed by atoms with E-state index in [0.717, 1.165) is 23.3 Å². The highest BCUT2D eigenvalue weighted by Gasteiger charge is 2.05. The summed E-state index contributed by atoms with van der Waals surface area (Å²) in [6, 6.07) is 5.96. The van der Waals surface area contributed by atoms with Crippen molar-refractivity contribution in [2.75, 3.05) is 13.7 Å². The molecule has 1 aromatic carbocycles. The van der Waals surface area contributed by atoms with Crippen LogP contribution in [0.3, 0.4) is 0 Å². The molecule has 0 aliphatic heterocycles. The van der Waals surface area contributed by atoms with Gasteiger partial charge in [0.2, 0.25) is 0 Å². The van der Waals surface area contributed by atoms with Crippen LogP contribution in [0.15, 0.2) is 22.7 Å². The van der Waals surface area contributed by atoms with Crippen molar-refractivity contribution in [3.05, 3.63) is 28.2 Å². The van der Waals surface area contributed by atoms with Gasteiger partial charge in [0, 0.05) is 16.6 Å². The SMILES string of the molecule is CCNCc1c(Br)cccc1OC. The van der Waals surface area contributed by atoms with Gasteiger partial charge in [-0.1, -0.05) is 28.9 Å².